The van der Waals surface area contributed by atoms with E-state index in [1.165, 1.54) is 18.3 Å². The molecule has 1 aromatic rings. The predicted molar refractivity (Wildman–Crippen MR) is 130 cm³/mol. The zero-order valence-corrected chi connectivity index (χ0v) is 20.2. The van der Waals surface area contributed by atoms with Crippen molar-refractivity contribution in [3.05, 3.63) is 39.8 Å². The molecule has 3 heterocycles. The monoisotopic (exact) mass is 517 g/mol. The fourth-order valence-corrected chi connectivity index (χ4v) is 5.90. The number of hydrogen-bond acceptors (Lipinski definition) is 7. The van der Waals surface area contributed by atoms with Gasteiger partial charge in [0, 0.05) is 43.1 Å². The number of aliphatic imine (C=N–C) groups is 2. The second-order valence-corrected chi connectivity index (χ2v) is 10.1. The lowest BCUT2D eigenvalue weighted by atomic mass is 10.0. The summed E-state index contributed by atoms with van der Waals surface area (Å²) in [6, 6.07) is 5.55. The summed E-state index contributed by atoms with van der Waals surface area (Å²) in [5.74, 6) is 0.453. The number of nitrogens with one attached hydrogen (secondary N) is 1. The molecule has 0 aromatic heterocycles. The number of benzene rings is 1. The number of piperazine rings is 1. The first kappa shape index (κ1) is 24.3. The molecule has 2 atom stereocenters. The predicted octanol–water partition coefficient (Wildman–Crippen LogP) is 4.68. The highest BCUT2D eigenvalue weighted by molar-refractivity contribution is 8.04. The average Bonchev–Trinajstić information content (AvgIpc) is 3.16. The van der Waals surface area contributed by atoms with Crippen molar-refractivity contribution in [1.29, 1.82) is 0 Å². The van der Waals surface area contributed by atoms with E-state index in [1.807, 2.05) is 18.4 Å². The van der Waals surface area contributed by atoms with Gasteiger partial charge in [0.25, 0.3) is 0 Å². The van der Waals surface area contributed by atoms with Crippen LogP contribution in [0.1, 0.15) is 12.0 Å². The topological polar surface area (TPSA) is 60.3 Å². The maximum atomic E-state index is 12.8. The first-order chi connectivity index (χ1) is 15.7. The molecule has 2 unspecified atom stereocenters. The minimum Gasteiger partial charge on any atom is -0.356 e. The molecule has 1 saturated heterocycles. The number of allylic oxidation sites excluding steroid dienone is 1. The maximum absolute atomic E-state index is 12.8. The summed E-state index contributed by atoms with van der Waals surface area (Å²) < 4.78 is 41.5. The average molecular weight is 518 g/mol. The number of carbonyl (C=O) groups is 1. The van der Waals surface area contributed by atoms with E-state index in [2.05, 4.69) is 19.6 Å². The number of amides is 1. The number of rotatable bonds is 5. The molecule has 178 valence electrons. The van der Waals surface area contributed by atoms with Gasteiger partial charge < -0.3 is 14.5 Å². The largest absolute Gasteiger partial charge is 0.393 e. The molecule has 12 heteroatoms. The summed E-state index contributed by atoms with van der Waals surface area (Å²) in [7, 11) is 0. The molecule has 1 amide bonds. The highest BCUT2D eigenvalue weighted by Gasteiger charge is 2.40. The van der Waals surface area contributed by atoms with Crippen molar-refractivity contribution in [3.63, 3.8) is 0 Å². The highest BCUT2D eigenvalue weighted by Crippen LogP contribution is 2.44. The van der Waals surface area contributed by atoms with E-state index in [0.29, 0.717) is 31.2 Å². The van der Waals surface area contributed by atoms with Gasteiger partial charge in [-0.05, 0) is 22.6 Å². The third kappa shape index (κ3) is 5.99. The molecule has 4 rings (SSSR count). The van der Waals surface area contributed by atoms with Gasteiger partial charge in [-0.25, -0.2) is 4.99 Å². The lowest BCUT2D eigenvalue weighted by Gasteiger charge is -2.39. The molecule has 3 aliphatic rings. The van der Waals surface area contributed by atoms with E-state index in [9.17, 15) is 18.0 Å². The first-order valence-corrected chi connectivity index (χ1v) is 12.9. The van der Waals surface area contributed by atoms with E-state index >= 15 is 0 Å². The van der Waals surface area contributed by atoms with Crippen LogP contribution in [0.2, 0.25) is 5.02 Å². The summed E-state index contributed by atoms with van der Waals surface area (Å²) in [6.45, 7) is 2.17. The van der Waals surface area contributed by atoms with Crippen molar-refractivity contribution in [2.24, 2.45) is 15.9 Å². The van der Waals surface area contributed by atoms with Crippen LogP contribution in [-0.2, 0) is 11.2 Å². The molecule has 1 N–H and O–H groups in total. The van der Waals surface area contributed by atoms with Gasteiger partial charge in [-0.15, -0.1) is 11.8 Å². The standard InChI is InChI=1S/C21H23ClF3N5OS2/c1-32-28-14-3-2-13(17(22)9-14)8-18(31)29-4-6-30(7-5-29)19-16-10-15(11-21(23,24)25)33-20(16)27-12-26-19/h2-3,9-10,12,16,20,28H,4-8,11H2,1H3. The summed E-state index contributed by atoms with van der Waals surface area (Å²) in [5, 5.41) is 0.239. The Morgan fingerprint density at radius 2 is 2.06 bits per heavy atom. The SMILES string of the molecule is CSNc1ccc(CC(=O)N2CCN(C3=NC=NC4SC(CC(F)(F)F)=CC34)CC2)c(Cl)c1. The molecule has 0 aliphatic carbocycles. The second kappa shape index (κ2) is 10.2. The normalized spacial score (nSPS) is 22.7. The Labute approximate surface area is 203 Å². The Kier molecular flexibility index (Phi) is 7.49. The second-order valence-electron chi connectivity index (χ2n) is 7.87. The lowest BCUT2D eigenvalue weighted by Crippen LogP contribution is -2.53. The number of alkyl halides is 3. The van der Waals surface area contributed by atoms with E-state index in [0.717, 1.165) is 28.8 Å². The zero-order chi connectivity index (χ0) is 23.6. The van der Waals surface area contributed by atoms with E-state index in [1.54, 1.807) is 17.0 Å². The Morgan fingerprint density at radius 3 is 2.73 bits per heavy atom. The summed E-state index contributed by atoms with van der Waals surface area (Å²) >= 11 is 8.96. The number of fused-ring (bicyclic) bond motifs is 1. The molecule has 6 nitrogen and oxygen atoms in total. The zero-order valence-electron chi connectivity index (χ0n) is 17.8. The molecule has 0 spiro atoms. The van der Waals surface area contributed by atoms with Crippen molar-refractivity contribution >= 4 is 59.1 Å². The summed E-state index contributed by atoms with van der Waals surface area (Å²) in [5.41, 5.74) is 1.65. The van der Waals surface area contributed by atoms with Crippen LogP contribution in [0.3, 0.4) is 0 Å². The van der Waals surface area contributed by atoms with Crippen molar-refractivity contribution in [2.45, 2.75) is 24.4 Å². The van der Waals surface area contributed by atoms with Crippen LogP contribution in [0, 0.1) is 5.92 Å². The van der Waals surface area contributed by atoms with Crippen LogP contribution >= 0.6 is 35.3 Å². The molecule has 3 aliphatic heterocycles. The number of anilines is 1. The van der Waals surface area contributed by atoms with Crippen molar-refractivity contribution < 1.29 is 18.0 Å². The Hall–Kier alpha value is -1.85. The van der Waals surface area contributed by atoms with Crippen molar-refractivity contribution in [3.8, 4) is 0 Å². The van der Waals surface area contributed by atoms with Gasteiger partial charge in [0.05, 0.1) is 18.8 Å². The van der Waals surface area contributed by atoms with E-state index in [4.69, 9.17) is 11.6 Å². The molecule has 0 saturated carbocycles. The van der Waals surface area contributed by atoms with Crippen LogP contribution in [0.5, 0.6) is 0 Å². The minimum absolute atomic E-state index is 0.00377. The first-order valence-electron chi connectivity index (χ1n) is 10.4. The lowest BCUT2D eigenvalue weighted by molar-refractivity contribution is -0.131. The highest BCUT2D eigenvalue weighted by atomic mass is 35.5. The van der Waals surface area contributed by atoms with Crippen molar-refractivity contribution in [2.75, 3.05) is 37.2 Å². The molecule has 33 heavy (non-hydrogen) atoms. The third-order valence-corrected chi connectivity index (χ3v) is 7.62. The van der Waals surface area contributed by atoms with Gasteiger partial charge in [-0.2, -0.15) is 13.2 Å². The number of amidine groups is 1. The number of nitrogens with zero attached hydrogens (tertiary/aromatic N) is 4. The minimum atomic E-state index is -4.24. The number of hydrogen-bond donors (Lipinski definition) is 1. The number of thioether (sulfide) groups is 1. The molecule has 0 bridgehead atoms. The fourth-order valence-electron chi connectivity index (χ4n) is 4.04. The van der Waals surface area contributed by atoms with Gasteiger partial charge in [-0.3, -0.25) is 9.79 Å². The quantitative estimate of drug-likeness (QED) is 0.575. The van der Waals surface area contributed by atoms with E-state index in [-0.39, 0.29) is 28.5 Å². The van der Waals surface area contributed by atoms with Gasteiger partial charge in [0.2, 0.25) is 5.91 Å². The number of halogens is 4. The molecule has 1 aromatic carbocycles. The molecular formula is C21H23ClF3N5OS2. The maximum Gasteiger partial charge on any atom is 0.393 e. The van der Waals surface area contributed by atoms with Crippen LogP contribution in [0.25, 0.3) is 0 Å². The van der Waals surface area contributed by atoms with Gasteiger partial charge in [0.15, 0.2) is 0 Å². The molecular weight excluding hydrogens is 495 g/mol. The van der Waals surface area contributed by atoms with Crippen LogP contribution in [0.4, 0.5) is 18.9 Å². The van der Waals surface area contributed by atoms with Crippen molar-refractivity contribution in [1.82, 2.24) is 9.80 Å². The van der Waals surface area contributed by atoms with Gasteiger partial charge in [-0.1, -0.05) is 35.7 Å². The summed E-state index contributed by atoms with van der Waals surface area (Å²) in [6.07, 6.45) is 0.0356. The van der Waals surface area contributed by atoms with Gasteiger partial charge in [0.1, 0.15) is 17.5 Å². The van der Waals surface area contributed by atoms with E-state index < -0.39 is 12.6 Å². The van der Waals surface area contributed by atoms with Gasteiger partial charge >= 0.3 is 6.18 Å². The third-order valence-electron chi connectivity index (χ3n) is 5.59. The smallest absolute Gasteiger partial charge is 0.356 e. The number of carbonyl (C=O) groups excluding carboxylic acids is 1. The molecule has 0 radical (unpaired) electrons. The Morgan fingerprint density at radius 1 is 1.30 bits per heavy atom. The Bertz CT molecular complexity index is 993. The Balaban J connectivity index is 1.34. The fraction of sp³-hybridized carbons (Fsp3) is 0.476. The van der Waals surface area contributed by atoms with Crippen LogP contribution in [-0.4, -0.2) is 71.9 Å². The van der Waals surface area contributed by atoms with Crippen LogP contribution in [0.15, 0.2) is 39.2 Å². The van der Waals surface area contributed by atoms with Crippen LogP contribution < -0.4 is 4.72 Å². The summed E-state index contributed by atoms with van der Waals surface area (Å²) in [4.78, 5) is 25.6. The molecule has 1 fully saturated rings.